The average molecular weight is 416 g/mol. The first kappa shape index (κ1) is 19.5. The van der Waals surface area contributed by atoms with E-state index in [0.29, 0.717) is 24.1 Å². The molecule has 1 aliphatic heterocycles. The van der Waals surface area contributed by atoms with Crippen LogP contribution in [0.2, 0.25) is 0 Å². The van der Waals surface area contributed by atoms with Crippen LogP contribution in [0, 0.1) is 0 Å². The maximum Gasteiger partial charge on any atom is 0.328 e. The number of nitrogens with zero attached hydrogens (tertiary/aromatic N) is 3. The van der Waals surface area contributed by atoms with Crippen molar-refractivity contribution in [3.63, 3.8) is 0 Å². The van der Waals surface area contributed by atoms with Crippen molar-refractivity contribution < 1.29 is 24.5 Å². The Balaban J connectivity index is 1.55. The molecule has 0 radical (unpaired) electrons. The number of hydrogen-bond acceptors (Lipinski definition) is 7. The van der Waals surface area contributed by atoms with E-state index in [9.17, 15) is 9.59 Å². The fourth-order valence-corrected chi connectivity index (χ4v) is 4.16. The van der Waals surface area contributed by atoms with Crippen LogP contribution in [-0.2, 0) is 27.3 Å². The van der Waals surface area contributed by atoms with Crippen LogP contribution in [0.1, 0.15) is 30.1 Å². The Labute approximate surface area is 171 Å². The number of quaternary nitrogens is 1. The number of methoxy groups -OCH3 is 1. The number of para-hydroxylation sites is 1. The lowest BCUT2D eigenvalue weighted by atomic mass is 9.96. The molecule has 9 nitrogen and oxygen atoms in total. The SMILES string of the molecule is COC(=O)[C@H]1Cc2c([nH]c3ccccc23)CN1C(=O)CSc1nnc([C@H](C)[NH3+])o1. The smallest absolute Gasteiger partial charge is 0.328 e. The van der Waals surface area contributed by atoms with Gasteiger partial charge in [-0.05, 0) is 18.6 Å². The molecule has 152 valence electrons. The Morgan fingerprint density at radius 3 is 2.93 bits per heavy atom. The summed E-state index contributed by atoms with van der Waals surface area (Å²) in [6, 6.07) is 7.12. The number of hydrogen-bond donors (Lipinski definition) is 2. The second kappa shape index (κ2) is 7.88. The van der Waals surface area contributed by atoms with Crippen molar-refractivity contribution in [3.8, 4) is 0 Å². The second-order valence-corrected chi connectivity index (χ2v) is 7.91. The van der Waals surface area contributed by atoms with Crippen molar-refractivity contribution in [3.05, 3.63) is 41.4 Å². The van der Waals surface area contributed by atoms with E-state index in [0.717, 1.165) is 33.9 Å². The first-order chi connectivity index (χ1) is 14.0. The van der Waals surface area contributed by atoms with Crippen molar-refractivity contribution in [2.24, 2.45) is 0 Å². The van der Waals surface area contributed by atoms with Crippen LogP contribution in [0.15, 0.2) is 33.9 Å². The van der Waals surface area contributed by atoms with Gasteiger partial charge in [0.2, 0.25) is 5.91 Å². The van der Waals surface area contributed by atoms with E-state index < -0.39 is 12.0 Å². The van der Waals surface area contributed by atoms with E-state index in [2.05, 4.69) is 20.9 Å². The fourth-order valence-electron chi connectivity index (χ4n) is 3.50. The van der Waals surface area contributed by atoms with E-state index >= 15 is 0 Å². The van der Waals surface area contributed by atoms with Crippen molar-refractivity contribution >= 4 is 34.5 Å². The summed E-state index contributed by atoms with van der Waals surface area (Å²) < 4.78 is 10.5. The minimum absolute atomic E-state index is 0.0796. The number of nitrogens with one attached hydrogen (secondary N) is 1. The Kier molecular flexibility index (Phi) is 5.29. The molecule has 10 heteroatoms. The number of H-pyrrole nitrogens is 1. The Bertz CT molecular complexity index is 1060. The summed E-state index contributed by atoms with van der Waals surface area (Å²) in [6.07, 6.45) is 0.409. The molecular formula is C19H22N5O4S+. The second-order valence-electron chi connectivity index (χ2n) is 6.99. The fraction of sp³-hybridized carbons (Fsp3) is 0.368. The van der Waals surface area contributed by atoms with Crippen molar-refractivity contribution in [2.75, 3.05) is 12.9 Å². The third-order valence-electron chi connectivity index (χ3n) is 4.96. The Hall–Kier alpha value is -2.85. The molecule has 1 amide bonds. The molecule has 0 unspecified atom stereocenters. The first-order valence-corrected chi connectivity index (χ1v) is 10.2. The summed E-state index contributed by atoms with van der Waals surface area (Å²) in [5, 5.41) is 9.22. The lowest BCUT2D eigenvalue weighted by Crippen LogP contribution is -2.51. The molecule has 0 bridgehead atoms. The van der Waals surface area contributed by atoms with E-state index in [4.69, 9.17) is 9.15 Å². The average Bonchev–Trinajstić information content (AvgIpc) is 3.34. The van der Waals surface area contributed by atoms with Gasteiger partial charge in [0.15, 0.2) is 6.04 Å². The maximum absolute atomic E-state index is 12.9. The summed E-state index contributed by atoms with van der Waals surface area (Å²) >= 11 is 1.15. The van der Waals surface area contributed by atoms with E-state index in [-0.39, 0.29) is 17.7 Å². The van der Waals surface area contributed by atoms with Gasteiger partial charge in [0, 0.05) is 23.0 Å². The lowest BCUT2D eigenvalue weighted by molar-refractivity contribution is -0.425. The van der Waals surface area contributed by atoms with Gasteiger partial charge < -0.3 is 24.8 Å². The van der Waals surface area contributed by atoms with Gasteiger partial charge in [-0.3, -0.25) is 4.79 Å². The monoisotopic (exact) mass is 416 g/mol. The number of carbonyl (C=O) groups excluding carboxylic acids is 2. The molecule has 2 atom stereocenters. The molecule has 0 saturated carbocycles. The van der Waals surface area contributed by atoms with Crippen LogP contribution in [0.4, 0.5) is 0 Å². The largest absolute Gasteiger partial charge is 0.467 e. The summed E-state index contributed by atoms with van der Waals surface area (Å²) in [4.78, 5) is 30.3. The quantitative estimate of drug-likeness (QED) is 0.470. The van der Waals surface area contributed by atoms with Crippen molar-refractivity contribution in [2.45, 2.75) is 37.2 Å². The highest BCUT2D eigenvalue weighted by Gasteiger charge is 2.37. The molecule has 0 aliphatic carbocycles. The number of esters is 1. The van der Waals surface area contributed by atoms with Gasteiger partial charge in [0.05, 0.1) is 19.4 Å². The molecule has 3 heterocycles. The Morgan fingerprint density at radius 1 is 1.41 bits per heavy atom. The predicted molar refractivity (Wildman–Crippen MR) is 105 cm³/mol. The molecule has 1 aliphatic rings. The molecule has 3 aromatic rings. The highest BCUT2D eigenvalue weighted by molar-refractivity contribution is 7.99. The molecule has 0 saturated heterocycles. The first-order valence-electron chi connectivity index (χ1n) is 9.23. The number of rotatable bonds is 5. The van der Waals surface area contributed by atoms with E-state index in [1.807, 2.05) is 31.2 Å². The van der Waals surface area contributed by atoms with Crippen molar-refractivity contribution in [1.82, 2.24) is 20.1 Å². The van der Waals surface area contributed by atoms with Crippen LogP contribution in [0.5, 0.6) is 0 Å². The zero-order valence-corrected chi connectivity index (χ0v) is 17.0. The molecule has 29 heavy (non-hydrogen) atoms. The van der Waals surface area contributed by atoms with E-state index in [1.165, 1.54) is 7.11 Å². The highest BCUT2D eigenvalue weighted by Crippen LogP contribution is 2.31. The third kappa shape index (κ3) is 3.73. The van der Waals surface area contributed by atoms with Gasteiger partial charge in [0.1, 0.15) is 6.04 Å². The number of carbonyl (C=O) groups is 2. The number of amides is 1. The van der Waals surface area contributed by atoms with Gasteiger partial charge in [-0.1, -0.05) is 30.0 Å². The molecular weight excluding hydrogens is 394 g/mol. The van der Waals surface area contributed by atoms with Crippen LogP contribution in [0.25, 0.3) is 10.9 Å². The summed E-state index contributed by atoms with van der Waals surface area (Å²) in [6.45, 7) is 2.16. The van der Waals surface area contributed by atoms with Gasteiger partial charge >= 0.3 is 5.97 Å². The topological polar surface area (TPSA) is 129 Å². The molecule has 4 N–H and O–H groups in total. The summed E-state index contributed by atoms with van der Waals surface area (Å²) in [5.41, 5.74) is 6.82. The zero-order chi connectivity index (χ0) is 20.5. The maximum atomic E-state index is 12.9. The van der Waals surface area contributed by atoms with Crippen molar-refractivity contribution in [1.29, 1.82) is 0 Å². The van der Waals surface area contributed by atoms with Crippen LogP contribution in [-0.4, -0.2) is 50.9 Å². The predicted octanol–water partition coefficient (Wildman–Crippen LogP) is 1.07. The molecule has 0 fully saturated rings. The van der Waals surface area contributed by atoms with Gasteiger partial charge in [-0.25, -0.2) is 4.79 Å². The normalized spacial score (nSPS) is 17.2. The van der Waals surface area contributed by atoms with E-state index in [1.54, 1.807) is 4.90 Å². The molecule has 4 rings (SSSR count). The van der Waals surface area contributed by atoms with Crippen LogP contribution >= 0.6 is 11.8 Å². The minimum atomic E-state index is -0.669. The number of thioether (sulfide) groups is 1. The Morgan fingerprint density at radius 2 is 2.21 bits per heavy atom. The number of aromatic amines is 1. The minimum Gasteiger partial charge on any atom is -0.467 e. The highest BCUT2D eigenvalue weighted by atomic mass is 32.2. The zero-order valence-electron chi connectivity index (χ0n) is 16.2. The molecule has 0 spiro atoms. The van der Waals surface area contributed by atoms with Crippen LogP contribution in [0.3, 0.4) is 0 Å². The standard InChI is InChI=1S/C19H21N5O4S/c1-10(20)17-22-23-19(28-17)29-9-16(25)24-8-14-12(7-15(24)18(26)27-2)11-5-3-4-6-13(11)21-14/h3-6,10,15,21H,7-9,20H2,1-2H3/p+1/t10-,15+/m0/s1. The van der Waals surface area contributed by atoms with Gasteiger partial charge in [-0.2, -0.15) is 0 Å². The third-order valence-corrected chi connectivity index (χ3v) is 5.76. The van der Waals surface area contributed by atoms with Gasteiger partial charge in [-0.15, -0.1) is 10.2 Å². The lowest BCUT2D eigenvalue weighted by Gasteiger charge is -2.33. The number of fused-ring (bicyclic) bond motifs is 3. The summed E-state index contributed by atoms with van der Waals surface area (Å²) in [7, 11) is 1.34. The van der Waals surface area contributed by atoms with Crippen LogP contribution < -0.4 is 5.73 Å². The summed E-state index contributed by atoms with van der Waals surface area (Å²) in [5.74, 6) is -0.119. The molecule has 2 aromatic heterocycles. The number of aromatic nitrogens is 3. The number of ether oxygens (including phenoxy) is 1. The number of benzene rings is 1. The molecule has 1 aromatic carbocycles. The van der Waals surface area contributed by atoms with Gasteiger partial charge in [0.25, 0.3) is 11.1 Å².